The average Bonchev–Trinajstić information content (AvgIpc) is 2.57. The molecule has 0 radical (unpaired) electrons. The average molecular weight is 321 g/mol. The summed E-state index contributed by atoms with van der Waals surface area (Å²) in [5, 5.41) is 2.95. The number of benzene rings is 2. The van der Waals surface area contributed by atoms with Crippen LogP contribution in [0.2, 0.25) is 0 Å². The molecule has 1 N–H and O–H groups in total. The van der Waals surface area contributed by atoms with Gasteiger partial charge in [-0.05, 0) is 37.1 Å². The first-order chi connectivity index (χ1) is 11.5. The summed E-state index contributed by atoms with van der Waals surface area (Å²) in [4.78, 5) is 25.7. The Hall–Kier alpha value is -3.08. The lowest BCUT2D eigenvalue weighted by atomic mass is 10.2. The zero-order valence-corrected chi connectivity index (χ0v) is 13.9. The van der Waals surface area contributed by atoms with Crippen LogP contribution < -0.4 is 16.6 Å². The molecule has 0 aliphatic carbocycles. The number of nitrogens with one attached hydrogen (secondary N) is 1. The molecule has 0 bridgehead atoms. The van der Waals surface area contributed by atoms with Gasteiger partial charge in [0.05, 0.1) is 11.4 Å². The lowest BCUT2D eigenvalue weighted by Crippen LogP contribution is -2.39. The lowest BCUT2D eigenvalue weighted by molar-refractivity contribution is 0.800. The minimum absolute atomic E-state index is 0.358. The van der Waals surface area contributed by atoms with Crippen molar-refractivity contribution in [2.45, 2.75) is 13.8 Å². The van der Waals surface area contributed by atoms with Gasteiger partial charge in [0.25, 0.3) is 5.56 Å². The zero-order chi connectivity index (χ0) is 17.3. The third-order valence-electron chi connectivity index (χ3n) is 4.07. The number of para-hydroxylation sites is 2. The third kappa shape index (κ3) is 2.54. The summed E-state index contributed by atoms with van der Waals surface area (Å²) in [5.41, 5.74) is 2.40. The van der Waals surface area contributed by atoms with Crippen molar-refractivity contribution >= 4 is 5.82 Å². The third-order valence-corrected chi connectivity index (χ3v) is 4.07. The molecule has 3 aromatic rings. The zero-order valence-electron chi connectivity index (χ0n) is 13.9. The molecule has 122 valence electrons. The van der Waals surface area contributed by atoms with Crippen LogP contribution in [0.1, 0.15) is 11.1 Å². The van der Waals surface area contributed by atoms with Crippen molar-refractivity contribution in [2.24, 2.45) is 0 Å². The molecule has 0 saturated heterocycles. The summed E-state index contributed by atoms with van der Waals surface area (Å²) in [6.45, 7) is 3.82. The molecule has 24 heavy (non-hydrogen) atoms. The molecular weight excluding hydrogens is 302 g/mol. The maximum absolute atomic E-state index is 13.2. The van der Waals surface area contributed by atoms with Crippen molar-refractivity contribution in [2.75, 3.05) is 12.4 Å². The number of aromatic nitrogens is 2. The van der Waals surface area contributed by atoms with E-state index < -0.39 is 5.69 Å². The fraction of sp³-hybridized carbons (Fsp3) is 0.158. The molecular formula is C19H19N3O2. The molecule has 0 saturated carbocycles. The first kappa shape index (κ1) is 15.8. The number of aryl methyl sites for hydroxylation is 2. The fourth-order valence-electron chi connectivity index (χ4n) is 2.81. The molecule has 0 aliphatic rings. The highest BCUT2D eigenvalue weighted by Gasteiger charge is 2.15. The highest BCUT2D eigenvalue weighted by Crippen LogP contribution is 2.17. The molecule has 1 aromatic heterocycles. The van der Waals surface area contributed by atoms with Crippen LogP contribution in [0.15, 0.2) is 64.2 Å². The van der Waals surface area contributed by atoms with E-state index in [1.807, 2.05) is 56.3 Å². The van der Waals surface area contributed by atoms with Crippen LogP contribution in [0.5, 0.6) is 0 Å². The van der Waals surface area contributed by atoms with Gasteiger partial charge in [-0.3, -0.25) is 4.79 Å². The smallest absolute Gasteiger partial charge is 0.341 e. The van der Waals surface area contributed by atoms with E-state index in [9.17, 15) is 9.59 Å². The van der Waals surface area contributed by atoms with Crippen LogP contribution in [-0.2, 0) is 0 Å². The van der Waals surface area contributed by atoms with E-state index in [1.165, 1.54) is 15.2 Å². The van der Waals surface area contributed by atoms with Gasteiger partial charge in [-0.25, -0.2) is 13.9 Å². The van der Waals surface area contributed by atoms with Crippen LogP contribution in [-0.4, -0.2) is 16.2 Å². The van der Waals surface area contributed by atoms with Gasteiger partial charge in [0.2, 0.25) is 0 Å². The Labute approximate surface area is 139 Å². The van der Waals surface area contributed by atoms with Crippen molar-refractivity contribution in [1.82, 2.24) is 9.13 Å². The minimum Gasteiger partial charge on any atom is -0.374 e. The van der Waals surface area contributed by atoms with E-state index in [2.05, 4.69) is 5.32 Å². The maximum Gasteiger partial charge on any atom is 0.341 e. The summed E-state index contributed by atoms with van der Waals surface area (Å²) < 4.78 is 2.74. The Balaban J connectivity index is 2.42. The lowest BCUT2D eigenvalue weighted by Gasteiger charge is -2.17. The largest absolute Gasteiger partial charge is 0.374 e. The van der Waals surface area contributed by atoms with Crippen molar-refractivity contribution in [3.8, 4) is 11.4 Å². The Morgan fingerprint density at radius 1 is 0.792 bits per heavy atom. The van der Waals surface area contributed by atoms with Gasteiger partial charge in [0, 0.05) is 13.1 Å². The molecule has 5 heteroatoms. The van der Waals surface area contributed by atoms with Crippen LogP contribution in [0.4, 0.5) is 5.82 Å². The molecule has 0 fully saturated rings. The Morgan fingerprint density at radius 3 is 1.79 bits per heavy atom. The van der Waals surface area contributed by atoms with Crippen molar-refractivity contribution in [1.29, 1.82) is 0 Å². The van der Waals surface area contributed by atoms with E-state index in [0.29, 0.717) is 11.5 Å². The van der Waals surface area contributed by atoms with Gasteiger partial charge < -0.3 is 5.32 Å². The monoisotopic (exact) mass is 321 g/mol. The summed E-state index contributed by atoms with van der Waals surface area (Å²) in [5.74, 6) is 0.462. The van der Waals surface area contributed by atoms with E-state index in [0.717, 1.165) is 16.8 Å². The summed E-state index contributed by atoms with van der Waals surface area (Å²) in [6, 6.07) is 16.4. The topological polar surface area (TPSA) is 56.0 Å². The quantitative estimate of drug-likeness (QED) is 0.807. The van der Waals surface area contributed by atoms with Gasteiger partial charge >= 0.3 is 5.69 Å². The predicted octanol–water partition coefficient (Wildman–Crippen LogP) is 2.65. The highest BCUT2D eigenvalue weighted by molar-refractivity contribution is 5.50. The van der Waals surface area contributed by atoms with Crippen LogP contribution in [0.25, 0.3) is 11.4 Å². The first-order valence-electron chi connectivity index (χ1n) is 7.73. The fourth-order valence-corrected chi connectivity index (χ4v) is 2.81. The summed E-state index contributed by atoms with van der Waals surface area (Å²) in [7, 11) is 1.70. The van der Waals surface area contributed by atoms with E-state index in [-0.39, 0.29) is 5.56 Å². The number of rotatable bonds is 3. The molecule has 0 aliphatic heterocycles. The summed E-state index contributed by atoms with van der Waals surface area (Å²) in [6.07, 6.45) is 0. The Kier molecular flexibility index (Phi) is 4.08. The van der Waals surface area contributed by atoms with Crippen LogP contribution >= 0.6 is 0 Å². The predicted molar refractivity (Wildman–Crippen MR) is 96.7 cm³/mol. The second kappa shape index (κ2) is 6.20. The number of anilines is 1. The molecule has 0 unspecified atom stereocenters. The molecule has 3 rings (SSSR count). The number of nitrogens with zero attached hydrogens (tertiary/aromatic N) is 2. The maximum atomic E-state index is 13.2. The number of hydrogen-bond donors (Lipinski definition) is 1. The van der Waals surface area contributed by atoms with Gasteiger partial charge in [-0.15, -0.1) is 0 Å². The van der Waals surface area contributed by atoms with Crippen LogP contribution in [0.3, 0.4) is 0 Å². The van der Waals surface area contributed by atoms with Crippen LogP contribution in [0, 0.1) is 13.8 Å². The normalized spacial score (nSPS) is 10.6. The Bertz CT molecular complexity index is 1020. The highest BCUT2D eigenvalue weighted by atomic mass is 16.2. The minimum atomic E-state index is -0.393. The van der Waals surface area contributed by atoms with Gasteiger partial charge in [0.15, 0.2) is 0 Å². The molecule has 1 heterocycles. The van der Waals surface area contributed by atoms with Crippen molar-refractivity contribution < 1.29 is 0 Å². The van der Waals surface area contributed by atoms with E-state index in [4.69, 9.17) is 0 Å². The first-order valence-corrected chi connectivity index (χ1v) is 7.73. The number of hydrogen-bond acceptors (Lipinski definition) is 3. The molecule has 0 spiro atoms. The molecule has 5 nitrogen and oxygen atoms in total. The van der Waals surface area contributed by atoms with Gasteiger partial charge in [-0.1, -0.05) is 36.4 Å². The van der Waals surface area contributed by atoms with E-state index >= 15 is 0 Å². The second-order valence-corrected chi connectivity index (χ2v) is 5.64. The SMILES string of the molecule is CNc1cc(=O)n(-c2ccccc2C)c(=O)n1-c1ccccc1C. The van der Waals surface area contributed by atoms with E-state index in [1.54, 1.807) is 13.1 Å². The van der Waals surface area contributed by atoms with Crippen molar-refractivity contribution in [3.63, 3.8) is 0 Å². The second-order valence-electron chi connectivity index (χ2n) is 5.64. The Morgan fingerprint density at radius 2 is 1.29 bits per heavy atom. The molecule has 0 amide bonds. The standard InChI is InChI=1S/C19H19N3O2/c1-13-8-4-6-10-15(13)21-17(20-3)12-18(23)22(19(21)24)16-11-7-5-9-14(16)2/h4-12,20H,1-3H3. The van der Waals surface area contributed by atoms with Gasteiger partial charge in [0.1, 0.15) is 5.82 Å². The molecule has 2 aromatic carbocycles. The van der Waals surface area contributed by atoms with Gasteiger partial charge in [-0.2, -0.15) is 0 Å². The molecule has 0 atom stereocenters. The van der Waals surface area contributed by atoms with Crippen molar-refractivity contribution in [3.05, 3.63) is 86.6 Å². The summed E-state index contributed by atoms with van der Waals surface area (Å²) >= 11 is 0.